The highest BCUT2D eigenvalue weighted by Crippen LogP contribution is 2.21. The van der Waals surface area contributed by atoms with Crippen molar-refractivity contribution in [3.05, 3.63) is 39.9 Å². The summed E-state index contributed by atoms with van der Waals surface area (Å²) in [7, 11) is -3.11. The van der Waals surface area contributed by atoms with Gasteiger partial charge in [0, 0.05) is 31.3 Å². The molecule has 1 N–H and O–H groups in total. The minimum absolute atomic E-state index is 0.0211. The molecule has 0 aliphatic carbocycles. The predicted octanol–water partition coefficient (Wildman–Crippen LogP) is 1.53. The van der Waals surface area contributed by atoms with Crippen molar-refractivity contribution >= 4 is 15.7 Å². The molecule has 1 aromatic rings. The molecule has 0 radical (unpaired) electrons. The van der Waals surface area contributed by atoms with Gasteiger partial charge >= 0.3 is 0 Å². The first-order valence-corrected chi connectivity index (χ1v) is 9.05. The van der Waals surface area contributed by atoms with Gasteiger partial charge < -0.3 is 5.32 Å². The lowest BCUT2D eigenvalue weighted by molar-refractivity contribution is -0.384. The number of rotatable bonds is 6. The summed E-state index contributed by atoms with van der Waals surface area (Å²) in [5.41, 5.74) is 0.933. The zero-order chi connectivity index (χ0) is 16.3. The van der Waals surface area contributed by atoms with E-state index in [4.69, 9.17) is 0 Å². The normalized spacial score (nSPS) is 20.9. The fourth-order valence-electron chi connectivity index (χ4n) is 2.63. The van der Waals surface area contributed by atoms with Crippen LogP contribution in [0.15, 0.2) is 24.3 Å². The van der Waals surface area contributed by atoms with E-state index in [1.165, 1.54) is 16.6 Å². The predicted molar refractivity (Wildman–Crippen MR) is 84.0 cm³/mol. The monoisotopic (exact) mass is 327 g/mol. The second-order valence-electron chi connectivity index (χ2n) is 5.76. The topological polar surface area (TPSA) is 92.6 Å². The molecule has 0 amide bonds. The minimum Gasteiger partial charge on any atom is -0.310 e. The number of nitro benzene ring substituents is 1. The number of benzene rings is 1. The van der Waals surface area contributed by atoms with E-state index in [0.29, 0.717) is 19.6 Å². The summed E-state index contributed by atoms with van der Waals surface area (Å²) in [6, 6.07) is 6.54. The van der Waals surface area contributed by atoms with Crippen LogP contribution in [-0.2, 0) is 10.0 Å². The lowest BCUT2D eigenvalue weighted by Crippen LogP contribution is -2.31. The standard InChI is InChI=1S/C14H21N3O4S/c1-11(13-4-3-5-14(8-13)17(18)19)15-9-12-6-7-16(10-12)22(2,20)21/h3-5,8,11-12,15H,6-7,9-10H2,1-2H3/t11-,12-/m1/s1. The Labute approximate surface area is 130 Å². The fourth-order valence-corrected chi connectivity index (χ4v) is 3.55. The molecule has 8 heteroatoms. The van der Waals surface area contributed by atoms with Gasteiger partial charge in [0.1, 0.15) is 0 Å². The van der Waals surface area contributed by atoms with Crippen LogP contribution in [0.4, 0.5) is 5.69 Å². The molecule has 1 saturated heterocycles. The van der Waals surface area contributed by atoms with E-state index < -0.39 is 14.9 Å². The van der Waals surface area contributed by atoms with Gasteiger partial charge in [0.15, 0.2) is 0 Å². The van der Waals surface area contributed by atoms with E-state index in [-0.39, 0.29) is 17.6 Å². The Morgan fingerprint density at radius 1 is 1.50 bits per heavy atom. The van der Waals surface area contributed by atoms with E-state index in [0.717, 1.165) is 12.0 Å². The van der Waals surface area contributed by atoms with E-state index in [1.54, 1.807) is 12.1 Å². The summed E-state index contributed by atoms with van der Waals surface area (Å²) < 4.78 is 24.5. The van der Waals surface area contributed by atoms with Crippen LogP contribution >= 0.6 is 0 Å². The Hall–Kier alpha value is -1.51. The molecule has 0 spiro atoms. The molecule has 0 saturated carbocycles. The maximum atomic E-state index is 11.5. The van der Waals surface area contributed by atoms with Crippen molar-refractivity contribution in [3.63, 3.8) is 0 Å². The Balaban J connectivity index is 1.90. The van der Waals surface area contributed by atoms with Crippen LogP contribution in [0.3, 0.4) is 0 Å². The highest BCUT2D eigenvalue weighted by Gasteiger charge is 2.28. The highest BCUT2D eigenvalue weighted by atomic mass is 32.2. The molecule has 1 heterocycles. The summed E-state index contributed by atoms with van der Waals surface area (Å²) in [4.78, 5) is 10.4. The number of hydrogen-bond acceptors (Lipinski definition) is 5. The third-order valence-corrected chi connectivity index (χ3v) is 5.28. The fraction of sp³-hybridized carbons (Fsp3) is 0.571. The molecule has 2 atom stereocenters. The Kier molecular flexibility index (Phi) is 5.15. The van der Waals surface area contributed by atoms with Crippen molar-refractivity contribution in [1.82, 2.24) is 9.62 Å². The number of nitrogens with one attached hydrogen (secondary N) is 1. The third kappa shape index (κ3) is 4.25. The molecule has 22 heavy (non-hydrogen) atoms. The molecule has 1 aliphatic heterocycles. The Morgan fingerprint density at radius 3 is 2.82 bits per heavy atom. The lowest BCUT2D eigenvalue weighted by Gasteiger charge is -2.18. The molecule has 7 nitrogen and oxygen atoms in total. The van der Waals surface area contributed by atoms with Gasteiger partial charge in [-0.1, -0.05) is 12.1 Å². The van der Waals surface area contributed by atoms with Gasteiger partial charge in [-0.25, -0.2) is 12.7 Å². The first-order valence-electron chi connectivity index (χ1n) is 7.20. The van der Waals surface area contributed by atoms with Gasteiger partial charge in [-0.3, -0.25) is 10.1 Å². The molecule has 0 unspecified atom stereocenters. The van der Waals surface area contributed by atoms with Crippen molar-refractivity contribution in [2.75, 3.05) is 25.9 Å². The van der Waals surface area contributed by atoms with Crippen molar-refractivity contribution in [1.29, 1.82) is 0 Å². The highest BCUT2D eigenvalue weighted by molar-refractivity contribution is 7.88. The number of nitro groups is 1. The van der Waals surface area contributed by atoms with Crippen molar-refractivity contribution in [3.8, 4) is 0 Å². The number of nitrogens with zero attached hydrogens (tertiary/aromatic N) is 2. The van der Waals surface area contributed by atoms with E-state index in [9.17, 15) is 18.5 Å². The van der Waals surface area contributed by atoms with Crippen LogP contribution in [0.25, 0.3) is 0 Å². The number of hydrogen-bond donors (Lipinski definition) is 1. The summed E-state index contributed by atoms with van der Waals surface area (Å²) in [6.07, 6.45) is 2.07. The molecule has 122 valence electrons. The zero-order valence-corrected chi connectivity index (χ0v) is 13.5. The molecular weight excluding hydrogens is 306 g/mol. The largest absolute Gasteiger partial charge is 0.310 e. The summed E-state index contributed by atoms with van der Waals surface area (Å²) in [5.74, 6) is 0.274. The second-order valence-corrected chi connectivity index (χ2v) is 7.74. The lowest BCUT2D eigenvalue weighted by atomic mass is 10.1. The van der Waals surface area contributed by atoms with E-state index >= 15 is 0 Å². The number of sulfonamides is 1. The quantitative estimate of drug-likeness (QED) is 0.632. The Morgan fingerprint density at radius 2 is 2.23 bits per heavy atom. The van der Waals surface area contributed by atoms with Crippen LogP contribution in [-0.4, -0.2) is 43.5 Å². The van der Waals surface area contributed by atoms with E-state index in [2.05, 4.69) is 5.32 Å². The van der Waals surface area contributed by atoms with Crippen LogP contribution in [0.1, 0.15) is 24.9 Å². The molecule has 0 aromatic heterocycles. The first-order chi connectivity index (χ1) is 10.3. The average molecular weight is 327 g/mol. The van der Waals surface area contributed by atoms with Crippen molar-refractivity contribution in [2.45, 2.75) is 19.4 Å². The van der Waals surface area contributed by atoms with Gasteiger partial charge in [0.05, 0.1) is 11.2 Å². The molecule has 0 bridgehead atoms. The van der Waals surface area contributed by atoms with Crippen LogP contribution in [0.2, 0.25) is 0 Å². The van der Waals surface area contributed by atoms with Gasteiger partial charge in [0.25, 0.3) is 5.69 Å². The SMILES string of the molecule is C[C@@H](NC[C@H]1CCN(S(C)(=O)=O)C1)c1cccc([N+](=O)[O-])c1. The van der Waals surface area contributed by atoms with Crippen LogP contribution in [0, 0.1) is 16.0 Å². The average Bonchev–Trinajstić information content (AvgIpc) is 2.94. The first kappa shape index (κ1) is 16.9. The van der Waals surface area contributed by atoms with Gasteiger partial charge in [-0.2, -0.15) is 0 Å². The third-order valence-electron chi connectivity index (χ3n) is 4.01. The zero-order valence-electron chi connectivity index (χ0n) is 12.7. The molecule has 1 aliphatic rings. The van der Waals surface area contributed by atoms with Crippen molar-refractivity contribution < 1.29 is 13.3 Å². The second kappa shape index (κ2) is 6.72. The summed E-state index contributed by atoms with van der Waals surface area (Å²) in [6.45, 7) is 3.74. The minimum atomic E-state index is -3.11. The maximum absolute atomic E-state index is 11.5. The smallest absolute Gasteiger partial charge is 0.269 e. The van der Waals surface area contributed by atoms with Gasteiger partial charge in [-0.05, 0) is 31.4 Å². The summed E-state index contributed by atoms with van der Waals surface area (Å²) in [5, 5.41) is 14.1. The van der Waals surface area contributed by atoms with Gasteiger partial charge in [-0.15, -0.1) is 0 Å². The molecule has 1 aromatic carbocycles. The van der Waals surface area contributed by atoms with Crippen molar-refractivity contribution in [2.24, 2.45) is 5.92 Å². The molecular formula is C14H21N3O4S. The molecule has 1 fully saturated rings. The maximum Gasteiger partial charge on any atom is 0.269 e. The molecule has 2 rings (SSSR count). The van der Waals surface area contributed by atoms with Gasteiger partial charge in [0.2, 0.25) is 10.0 Å². The Bertz CT molecular complexity index is 647. The van der Waals surface area contributed by atoms with E-state index in [1.807, 2.05) is 13.0 Å². The number of non-ortho nitro benzene ring substituents is 1. The van der Waals surface area contributed by atoms with Crippen LogP contribution in [0.5, 0.6) is 0 Å². The summed E-state index contributed by atoms with van der Waals surface area (Å²) >= 11 is 0. The van der Waals surface area contributed by atoms with Crippen LogP contribution < -0.4 is 5.32 Å².